The van der Waals surface area contributed by atoms with Crippen LogP contribution in [0.4, 0.5) is 23.2 Å². The number of alkyl halides is 4. The fraction of sp³-hybridized carbons (Fsp3) is 0.476. The van der Waals surface area contributed by atoms with Crippen LogP contribution in [0.5, 0.6) is 0 Å². The van der Waals surface area contributed by atoms with Gasteiger partial charge >= 0.3 is 6.18 Å². The molecule has 2 aliphatic rings. The zero-order valence-electron chi connectivity index (χ0n) is 17.0. The molecule has 2 saturated heterocycles. The largest absolute Gasteiger partial charge is 0.416 e. The summed E-state index contributed by atoms with van der Waals surface area (Å²) >= 11 is 0. The molecule has 0 radical (unpaired) electrons. The van der Waals surface area contributed by atoms with E-state index in [1.807, 2.05) is 6.07 Å². The minimum absolute atomic E-state index is 0.0698. The summed E-state index contributed by atoms with van der Waals surface area (Å²) in [4.78, 5) is 18.2. The second-order valence-electron chi connectivity index (χ2n) is 8.00. The summed E-state index contributed by atoms with van der Waals surface area (Å²) in [5, 5.41) is 15.1. The van der Waals surface area contributed by atoms with E-state index in [0.717, 1.165) is 0 Å². The standard InChI is InChI=1S/C21H21F4N5O2/c22-20(5-7-27-11-20)12-29-19(31)16-9-30(10-17(32-16)21(23,24)25)15-4-3-13(8-26)18-14(15)2-1-6-28-18/h1-4,6,16-17,27H,5,7,9-12H2,(H,29,31)/t16-,17+,20-/m0/s1. The molecule has 0 aliphatic carbocycles. The highest BCUT2D eigenvalue weighted by molar-refractivity contribution is 5.95. The fourth-order valence-electron chi connectivity index (χ4n) is 4.03. The molecule has 170 valence electrons. The third-order valence-corrected chi connectivity index (χ3v) is 5.74. The molecule has 7 nitrogen and oxygen atoms in total. The smallest absolute Gasteiger partial charge is 0.365 e. The number of nitriles is 1. The first-order valence-corrected chi connectivity index (χ1v) is 10.1. The zero-order chi connectivity index (χ0) is 22.9. The van der Waals surface area contributed by atoms with E-state index in [1.165, 1.54) is 23.2 Å². The minimum Gasteiger partial charge on any atom is -0.365 e. The fourth-order valence-corrected chi connectivity index (χ4v) is 4.03. The Morgan fingerprint density at radius 1 is 1.38 bits per heavy atom. The number of aromatic nitrogens is 1. The molecule has 1 aromatic carbocycles. The molecule has 4 rings (SSSR count). The van der Waals surface area contributed by atoms with Crippen molar-refractivity contribution in [2.75, 3.05) is 37.6 Å². The molecule has 1 amide bonds. The van der Waals surface area contributed by atoms with E-state index in [0.29, 0.717) is 23.1 Å². The molecule has 1 aromatic heterocycles. The molecule has 3 atom stereocenters. The van der Waals surface area contributed by atoms with Crippen molar-refractivity contribution in [3.8, 4) is 6.07 Å². The highest BCUT2D eigenvalue weighted by Crippen LogP contribution is 2.34. The molecule has 2 fully saturated rings. The van der Waals surface area contributed by atoms with Gasteiger partial charge < -0.3 is 20.3 Å². The number of amides is 1. The number of benzene rings is 1. The Labute approximate surface area is 181 Å². The SMILES string of the molecule is N#Cc1ccc(N2C[C@@H](C(=O)NC[C@]3(F)CCNC3)O[C@@H](C(F)(F)F)C2)c2cccnc12. The molecule has 0 saturated carbocycles. The number of carbonyl (C=O) groups excluding carboxylic acids is 1. The van der Waals surface area contributed by atoms with Crippen molar-refractivity contribution in [2.45, 2.75) is 30.5 Å². The predicted molar refractivity (Wildman–Crippen MR) is 108 cm³/mol. The summed E-state index contributed by atoms with van der Waals surface area (Å²) in [6, 6.07) is 8.32. The number of carbonyl (C=O) groups is 1. The second-order valence-corrected chi connectivity index (χ2v) is 8.00. The van der Waals surface area contributed by atoms with Crippen molar-refractivity contribution in [1.29, 1.82) is 5.26 Å². The van der Waals surface area contributed by atoms with Crippen molar-refractivity contribution in [3.63, 3.8) is 0 Å². The number of pyridine rings is 1. The average molecular weight is 451 g/mol. The number of rotatable bonds is 4. The maximum absolute atomic E-state index is 14.6. The van der Waals surface area contributed by atoms with Crippen LogP contribution in [0.2, 0.25) is 0 Å². The van der Waals surface area contributed by atoms with Gasteiger partial charge in [-0.25, -0.2) is 4.39 Å². The van der Waals surface area contributed by atoms with Crippen LogP contribution in [0.3, 0.4) is 0 Å². The number of halogens is 4. The van der Waals surface area contributed by atoms with E-state index < -0.39 is 36.5 Å². The van der Waals surface area contributed by atoms with Gasteiger partial charge in [-0.3, -0.25) is 9.78 Å². The van der Waals surface area contributed by atoms with Crippen LogP contribution in [0.15, 0.2) is 30.5 Å². The number of ether oxygens (including phenoxy) is 1. The van der Waals surface area contributed by atoms with Crippen LogP contribution >= 0.6 is 0 Å². The summed E-state index contributed by atoms with van der Waals surface area (Å²) in [6.45, 7) is -0.457. The molecular formula is C21H21F4N5O2. The van der Waals surface area contributed by atoms with Gasteiger partial charge in [0.05, 0.1) is 30.7 Å². The summed E-state index contributed by atoms with van der Waals surface area (Å²) in [7, 11) is 0. The summed E-state index contributed by atoms with van der Waals surface area (Å²) in [6.07, 6.45) is -6.65. The number of fused-ring (bicyclic) bond motifs is 1. The quantitative estimate of drug-likeness (QED) is 0.692. The maximum atomic E-state index is 14.6. The lowest BCUT2D eigenvalue weighted by molar-refractivity contribution is -0.234. The number of hydrogen-bond donors (Lipinski definition) is 2. The third-order valence-electron chi connectivity index (χ3n) is 5.74. The highest BCUT2D eigenvalue weighted by Gasteiger charge is 2.48. The van der Waals surface area contributed by atoms with E-state index in [1.54, 1.807) is 12.1 Å². The van der Waals surface area contributed by atoms with Crippen molar-refractivity contribution in [3.05, 3.63) is 36.0 Å². The zero-order valence-corrected chi connectivity index (χ0v) is 17.0. The first-order valence-electron chi connectivity index (χ1n) is 10.1. The topological polar surface area (TPSA) is 90.3 Å². The second kappa shape index (κ2) is 8.52. The molecule has 11 heteroatoms. The van der Waals surface area contributed by atoms with Gasteiger partial charge in [0.15, 0.2) is 12.2 Å². The average Bonchev–Trinajstić information content (AvgIpc) is 3.22. The lowest BCUT2D eigenvalue weighted by atomic mass is 10.0. The van der Waals surface area contributed by atoms with Gasteiger partial charge in [-0.05, 0) is 37.2 Å². The number of anilines is 1. The number of nitrogens with zero attached hydrogens (tertiary/aromatic N) is 3. The van der Waals surface area contributed by atoms with E-state index in [-0.39, 0.29) is 31.6 Å². The van der Waals surface area contributed by atoms with Gasteiger partial charge in [0.1, 0.15) is 11.7 Å². The van der Waals surface area contributed by atoms with Crippen molar-refractivity contribution in [2.24, 2.45) is 0 Å². The van der Waals surface area contributed by atoms with E-state index in [4.69, 9.17) is 4.74 Å². The monoisotopic (exact) mass is 451 g/mol. The van der Waals surface area contributed by atoms with Gasteiger partial charge in [0.2, 0.25) is 0 Å². The Morgan fingerprint density at radius 3 is 2.88 bits per heavy atom. The van der Waals surface area contributed by atoms with Crippen LogP contribution in [0.25, 0.3) is 10.9 Å². The van der Waals surface area contributed by atoms with Crippen LogP contribution in [0.1, 0.15) is 12.0 Å². The number of morpholine rings is 1. The van der Waals surface area contributed by atoms with Crippen molar-refractivity contribution < 1.29 is 27.1 Å². The van der Waals surface area contributed by atoms with Gasteiger partial charge in [0, 0.05) is 23.8 Å². The van der Waals surface area contributed by atoms with Crippen LogP contribution in [-0.2, 0) is 9.53 Å². The van der Waals surface area contributed by atoms with E-state index >= 15 is 0 Å². The molecule has 0 unspecified atom stereocenters. The molecule has 0 spiro atoms. The molecular weight excluding hydrogens is 430 g/mol. The first kappa shape index (κ1) is 22.2. The van der Waals surface area contributed by atoms with Crippen LogP contribution in [-0.4, -0.2) is 67.7 Å². The maximum Gasteiger partial charge on any atom is 0.416 e. The Bertz CT molecular complexity index is 1050. The normalized spacial score (nSPS) is 26.2. The molecule has 3 heterocycles. The van der Waals surface area contributed by atoms with E-state index in [2.05, 4.69) is 15.6 Å². The molecule has 2 aliphatic heterocycles. The summed E-state index contributed by atoms with van der Waals surface area (Å²) in [5.41, 5.74) is -0.582. The highest BCUT2D eigenvalue weighted by atomic mass is 19.4. The Kier molecular flexibility index (Phi) is 5.92. The Balaban J connectivity index is 1.61. The molecule has 2 aromatic rings. The van der Waals surface area contributed by atoms with Gasteiger partial charge in [-0.15, -0.1) is 0 Å². The van der Waals surface area contributed by atoms with Gasteiger partial charge in [-0.2, -0.15) is 18.4 Å². The van der Waals surface area contributed by atoms with Gasteiger partial charge in [-0.1, -0.05) is 0 Å². The number of nitrogens with one attached hydrogen (secondary N) is 2. The predicted octanol–water partition coefficient (Wildman–Crippen LogP) is 2.06. The lowest BCUT2D eigenvalue weighted by Crippen LogP contribution is -2.58. The molecule has 0 bridgehead atoms. The Hall–Kier alpha value is -2.97. The summed E-state index contributed by atoms with van der Waals surface area (Å²) in [5.74, 6) is -0.802. The van der Waals surface area contributed by atoms with Crippen LogP contribution < -0.4 is 15.5 Å². The Morgan fingerprint density at radius 2 is 2.19 bits per heavy atom. The third kappa shape index (κ3) is 4.47. The summed E-state index contributed by atoms with van der Waals surface area (Å²) < 4.78 is 60.4. The molecule has 32 heavy (non-hydrogen) atoms. The molecule has 2 N–H and O–H groups in total. The lowest BCUT2D eigenvalue weighted by Gasteiger charge is -2.39. The first-order chi connectivity index (χ1) is 15.2. The van der Waals surface area contributed by atoms with Gasteiger partial charge in [0.25, 0.3) is 5.91 Å². The minimum atomic E-state index is -4.70. The van der Waals surface area contributed by atoms with Crippen molar-refractivity contribution >= 4 is 22.5 Å². The number of hydrogen-bond acceptors (Lipinski definition) is 6. The van der Waals surface area contributed by atoms with Crippen molar-refractivity contribution in [1.82, 2.24) is 15.6 Å². The van der Waals surface area contributed by atoms with E-state index in [9.17, 15) is 27.6 Å². The van der Waals surface area contributed by atoms with Crippen LogP contribution in [0, 0.1) is 11.3 Å².